The number of nitrogens with one attached hydrogen (secondary N) is 1. The van der Waals surface area contributed by atoms with Crippen LogP contribution in [0.15, 0.2) is 0 Å². The van der Waals surface area contributed by atoms with Crippen LogP contribution in [0.3, 0.4) is 0 Å². The molecule has 1 N–H and O–H groups in total. The van der Waals surface area contributed by atoms with Crippen LogP contribution in [0.4, 0.5) is 0 Å². The van der Waals surface area contributed by atoms with E-state index >= 15 is 0 Å². The molecular weight excluding hydrogens is 168 g/mol. The number of hydrogen-bond acceptors (Lipinski definition) is 3. The van der Waals surface area contributed by atoms with Crippen molar-refractivity contribution in [2.45, 2.75) is 24.8 Å². The quantitative estimate of drug-likeness (QED) is 0.516. The Hall–Kier alpha value is -0.900. The van der Waals surface area contributed by atoms with Crippen LogP contribution in [0.5, 0.6) is 0 Å². The van der Waals surface area contributed by atoms with Crippen molar-refractivity contribution in [3.63, 3.8) is 0 Å². The van der Waals surface area contributed by atoms with E-state index in [1.165, 1.54) is 0 Å². The topological polar surface area (TPSA) is 49.4 Å². The zero-order valence-electron chi connectivity index (χ0n) is 7.80. The molecule has 2 aliphatic heterocycles. The average Bonchev–Trinajstić information content (AvgIpc) is 2.34. The second kappa shape index (κ2) is 2.80. The fraction of sp³-hybridized carbons (Fsp3) is 0.778. The minimum atomic E-state index is -0.456. The molecule has 72 valence electrons. The minimum absolute atomic E-state index is 0.0214. The highest BCUT2D eigenvalue weighted by atomic mass is 16.2. The van der Waals surface area contributed by atoms with E-state index in [9.17, 15) is 9.59 Å². The van der Waals surface area contributed by atoms with Gasteiger partial charge in [-0.2, -0.15) is 0 Å². The molecule has 0 bridgehead atoms. The second-order valence-corrected chi connectivity index (χ2v) is 3.83. The van der Waals surface area contributed by atoms with Crippen LogP contribution in [0.25, 0.3) is 0 Å². The highest BCUT2D eigenvalue weighted by Gasteiger charge is 2.50. The Morgan fingerprint density at radius 3 is 2.38 bits per heavy atom. The third kappa shape index (κ3) is 1.09. The minimum Gasteiger partial charge on any atom is -0.333 e. The van der Waals surface area contributed by atoms with Crippen molar-refractivity contribution in [3.05, 3.63) is 0 Å². The fourth-order valence-corrected chi connectivity index (χ4v) is 2.30. The van der Waals surface area contributed by atoms with Crippen LogP contribution >= 0.6 is 0 Å². The van der Waals surface area contributed by atoms with E-state index in [4.69, 9.17) is 0 Å². The molecule has 2 saturated heterocycles. The van der Waals surface area contributed by atoms with E-state index in [2.05, 4.69) is 5.32 Å². The van der Waals surface area contributed by atoms with Gasteiger partial charge in [0.1, 0.15) is 5.54 Å². The number of amides is 1. The van der Waals surface area contributed by atoms with E-state index in [1.807, 2.05) is 0 Å². The summed E-state index contributed by atoms with van der Waals surface area (Å²) in [5, 5.41) is 3.20. The number of carbonyl (C=O) groups excluding carboxylic acids is 2. The van der Waals surface area contributed by atoms with Gasteiger partial charge in [0.25, 0.3) is 0 Å². The molecule has 4 nitrogen and oxygen atoms in total. The van der Waals surface area contributed by atoms with Gasteiger partial charge < -0.3 is 10.2 Å². The third-order valence-electron chi connectivity index (χ3n) is 3.28. The lowest BCUT2D eigenvalue weighted by atomic mass is 9.85. The number of Topliss-reactive ketones (excluding diaryl/α,β-unsaturated/α-hetero) is 1. The predicted molar refractivity (Wildman–Crippen MR) is 47.2 cm³/mol. The lowest BCUT2D eigenvalue weighted by Gasteiger charge is -2.37. The summed E-state index contributed by atoms with van der Waals surface area (Å²) in [5.74, 6) is 0.0911. The predicted octanol–water partition coefficient (Wildman–Crippen LogP) is -0.460. The molecule has 0 unspecified atom stereocenters. The van der Waals surface area contributed by atoms with Crippen LogP contribution in [-0.4, -0.2) is 42.3 Å². The maximum Gasteiger partial charge on any atom is 0.230 e. The second-order valence-electron chi connectivity index (χ2n) is 3.83. The van der Waals surface area contributed by atoms with Crippen molar-refractivity contribution in [2.24, 2.45) is 0 Å². The largest absolute Gasteiger partial charge is 0.333 e. The zero-order chi connectivity index (χ0) is 9.47. The third-order valence-corrected chi connectivity index (χ3v) is 3.28. The molecule has 0 atom stereocenters. The molecule has 0 aromatic rings. The Morgan fingerprint density at radius 1 is 1.31 bits per heavy atom. The van der Waals surface area contributed by atoms with Gasteiger partial charge in [0, 0.05) is 7.05 Å². The van der Waals surface area contributed by atoms with Crippen molar-refractivity contribution < 1.29 is 9.59 Å². The Balaban J connectivity index is 2.28. The molecule has 0 aromatic carbocycles. The van der Waals surface area contributed by atoms with Crippen LogP contribution < -0.4 is 5.32 Å². The normalized spacial score (nSPS) is 27.3. The van der Waals surface area contributed by atoms with Crippen LogP contribution in [0.2, 0.25) is 0 Å². The maximum absolute atomic E-state index is 11.7. The summed E-state index contributed by atoms with van der Waals surface area (Å²) in [6.45, 7) is 1.67. The molecule has 1 spiro atoms. The lowest BCUT2D eigenvalue weighted by Crippen LogP contribution is -2.54. The maximum atomic E-state index is 11.7. The highest BCUT2D eigenvalue weighted by Crippen LogP contribution is 2.33. The number of ketones is 1. The molecule has 0 radical (unpaired) electrons. The molecule has 4 heteroatoms. The van der Waals surface area contributed by atoms with Crippen molar-refractivity contribution in [1.29, 1.82) is 0 Å². The molecule has 1 amide bonds. The monoisotopic (exact) mass is 182 g/mol. The molecule has 0 aliphatic carbocycles. The van der Waals surface area contributed by atoms with Crippen molar-refractivity contribution in [2.75, 3.05) is 20.1 Å². The van der Waals surface area contributed by atoms with E-state index in [1.54, 1.807) is 11.9 Å². The number of piperidine rings is 1. The number of nitrogens with zero attached hydrogens (tertiary/aromatic N) is 1. The van der Waals surface area contributed by atoms with Crippen molar-refractivity contribution >= 4 is 11.7 Å². The summed E-state index contributed by atoms with van der Waals surface area (Å²) in [6.07, 6.45) is 1.65. The summed E-state index contributed by atoms with van der Waals surface area (Å²) in [5.41, 5.74) is -0.456. The standard InChI is InChI=1S/C9H14N2O2/c1-11-8(13)6-7(12)9(11)2-4-10-5-3-9/h10H,2-6H2,1H3. The summed E-state index contributed by atoms with van der Waals surface area (Å²) < 4.78 is 0. The average molecular weight is 182 g/mol. The first-order valence-electron chi connectivity index (χ1n) is 4.67. The lowest BCUT2D eigenvalue weighted by molar-refractivity contribution is -0.132. The van der Waals surface area contributed by atoms with E-state index < -0.39 is 5.54 Å². The summed E-state index contributed by atoms with van der Waals surface area (Å²) in [6, 6.07) is 0. The first-order chi connectivity index (χ1) is 6.17. The Kier molecular flexibility index (Phi) is 1.87. The molecular formula is C9H14N2O2. The summed E-state index contributed by atoms with van der Waals surface area (Å²) in [7, 11) is 1.75. The number of rotatable bonds is 0. The molecule has 0 saturated carbocycles. The van der Waals surface area contributed by atoms with Gasteiger partial charge in [0.2, 0.25) is 5.91 Å². The van der Waals surface area contributed by atoms with Gasteiger partial charge in [0.15, 0.2) is 5.78 Å². The summed E-state index contributed by atoms with van der Waals surface area (Å²) >= 11 is 0. The Bertz CT molecular complexity index is 256. The van der Waals surface area contributed by atoms with Gasteiger partial charge in [-0.05, 0) is 25.9 Å². The van der Waals surface area contributed by atoms with Crippen LogP contribution in [0.1, 0.15) is 19.3 Å². The SMILES string of the molecule is CN1C(=O)CC(=O)C12CCNCC2. The first-order valence-corrected chi connectivity index (χ1v) is 4.67. The molecule has 13 heavy (non-hydrogen) atoms. The van der Waals surface area contributed by atoms with Gasteiger partial charge in [-0.25, -0.2) is 0 Å². The van der Waals surface area contributed by atoms with Gasteiger partial charge >= 0.3 is 0 Å². The summed E-state index contributed by atoms with van der Waals surface area (Å²) in [4.78, 5) is 24.7. The van der Waals surface area contributed by atoms with Crippen molar-refractivity contribution in [3.8, 4) is 0 Å². The number of carbonyl (C=O) groups is 2. The molecule has 2 fully saturated rings. The van der Waals surface area contributed by atoms with Gasteiger partial charge in [-0.1, -0.05) is 0 Å². The van der Waals surface area contributed by atoms with Crippen LogP contribution in [-0.2, 0) is 9.59 Å². The molecule has 0 aromatic heterocycles. The number of likely N-dealkylation sites (tertiary alicyclic amines) is 1. The van der Waals surface area contributed by atoms with E-state index in [0.717, 1.165) is 25.9 Å². The zero-order valence-corrected chi connectivity index (χ0v) is 7.80. The first kappa shape index (κ1) is 8.69. The Morgan fingerprint density at radius 2 is 1.92 bits per heavy atom. The van der Waals surface area contributed by atoms with Gasteiger partial charge in [-0.15, -0.1) is 0 Å². The van der Waals surface area contributed by atoms with Gasteiger partial charge in [-0.3, -0.25) is 9.59 Å². The highest BCUT2D eigenvalue weighted by molar-refractivity contribution is 6.10. The number of hydrogen-bond donors (Lipinski definition) is 1. The molecule has 2 rings (SSSR count). The fourth-order valence-electron chi connectivity index (χ4n) is 2.30. The molecule has 2 aliphatic rings. The van der Waals surface area contributed by atoms with E-state index in [0.29, 0.717) is 0 Å². The molecule has 2 heterocycles. The smallest absolute Gasteiger partial charge is 0.230 e. The van der Waals surface area contributed by atoms with Crippen LogP contribution in [0, 0.1) is 0 Å². The van der Waals surface area contributed by atoms with Gasteiger partial charge in [0.05, 0.1) is 6.42 Å². The van der Waals surface area contributed by atoms with E-state index in [-0.39, 0.29) is 18.1 Å². The number of likely N-dealkylation sites (N-methyl/N-ethyl adjacent to an activating group) is 1. The van der Waals surface area contributed by atoms with Crippen molar-refractivity contribution in [1.82, 2.24) is 10.2 Å². The Labute approximate surface area is 77.3 Å².